The molecule has 1 N–H and O–H groups in total. The van der Waals surface area contributed by atoms with Crippen LogP contribution in [0.4, 0.5) is 0 Å². The molecule has 0 aromatic heterocycles. The molecule has 88 valence electrons. The van der Waals surface area contributed by atoms with Crippen LogP contribution >= 0.6 is 0 Å². The third-order valence-electron chi connectivity index (χ3n) is 3.75. The molecule has 0 spiro atoms. The molecule has 1 aliphatic heterocycles. The lowest BCUT2D eigenvalue weighted by molar-refractivity contribution is 0.246. The molecule has 0 amide bonds. The summed E-state index contributed by atoms with van der Waals surface area (Å²) < 4.78 is 0. The molecule has 0 bridgehead atoms. The van der Waals surface area contributed by atoms with Crippen molar-refractivity contribution < 1.29 is 0 Å². The molecule has 1 nitrogen and oxygen atoms in total. The Bertz CT molecular complexity index is 311. The summed E-state index contributed by atoms with van der Waals surface area (Å²) in [5, 5.41) is 3.44. The molecule has 1 heterocycles. The van der Waals surface area contributed by atoms with Gasteiger partial charge in [-0.15, -0.1) is 0 Å². The van der Waals surface area contributed by atoms with Gasteiger partial charge in [0.1, 0.15) is 0 Å². The van der Waals surface area contributed by atoms with E-state index in [0.717, 1.165) is 19.0 Å². The van der Waals surface area contributed by atoms with Crippen molar-refractivity contribution in [3.8, 4) is 0 Å². The maximum atomic E-state index is 3.44. The fourth-order valence-electron chi connectivity index (χ4n) is 2.59. The summed E-state index contributed by atoms with van der Waals surface area (Å²) in [6.45, 7) is 6.95. The van der Waals surface area contributed by atoms with Crippen molar-refractivity contribution in [2.45, 2.75) is 38.5 Å². The zero-order valence-corrected chi connectivity index (χ0v) is 10.5. The largest absolute Gasteiger partial charge is 0.315 e. The van der Waals surface area contributed by atoms with Crippen LogP contribution in [0.3, 0.4) is 0 Å². The third-order valence-corrected chi connectivity index (χ3v) is 3.75. The van der Waals surface area contributed by atoms with Gasteiger partial charge < -0.3 is 5.32 Å². The summed E-state index contributed by atoms with van der Waals surface area (Å²) in [6, 6.07) is 11.0. The minimum atomic E-state index is 0.441. The Morgan fingerprint density at radius 3 is 2.38 bits per heavy atom. The zero-order chi connectivity index (χ0) is 11.4. The predicted molar refractivity (Wildman–Crippen MR) is 69.7 cm³/mol. The zero-order valence-electron chi connectivity index (χ0n) is 10.5. The Labute approximate surface area is 99.3 Å². The molecule has 1 aliphatic rings. The molecule has 1 fully saturated rings. The second kappa shape index (κ2) is 5.01. The van der Waals surface area contributed by atoms with Gasteiger partial charge in [0.25, 0.3) is 0 Å². The maximum absolute atomic E-state index is 3.44. The lowest BCUT2D eigenvalue weighted by Crippen LogP contribution is -2.56. The molecule has 16 heavy (non-hydrogen) atoms. The fraction of sp³-hybridized carbons (Fsp3) is 0.600. The highest BCUT2D eigenvalue weighted by Gasteiger charge is 2.37. The molecule has 1 saturated heterocycles. The topological polar surface area (TPSA) is 12.0 Å². The number of hydrogen-bond acceptors (Lipinski definition) is 1. The molecule has 0 saturated carbocycles. The Morgan fingerprint density at radius 2 is 1.88 bits per heavy atom. The van der Waals surface area contributed by atoms with Gasteiger partial charge in [-0.1, -0.05) is 57.0 Å². The highest BCUT2D eigenvalue weighted by Crippen LogP contribution is 2.34. The van der Waals surface area contributed by atoms with E-state index in [0.29, 0.717) is 5.41 Å². The van der Waals surface area contributed by atoms with Gasteiger partial charge in [0.05, 0.1) is 0 Å². The molecular formula is C15H23N. The van der Waals surface area contributed by atoms with Crippen molar-refractivity contribution in [3.05, 3.63) is 35.9 Å². The first-order valence-corrected chi connectivity index (χ1v) is 6.49. The van der Waals surface area contributed by atoms with Gasteiger partial charge in [0.2, 0.25) is 0 Å². The summed E-state index contributed by atoms with van der Waals surface area (Å²) in [7, 11) is 0. The van der Waals surface area contributed by atoms with Crippen LogP contribution in [-0.2, 0) is 5.41 Å². The van der Waals surface area contributed by atoms with Crippen molar-refractivity contribution in [1.29, 1.82) is 0 Å². The molecule has 1 heteroatoms. The first kappa shape index (κ1) is 11.7. The standard InChI is InChI=1S/C15H23N/c1-13(2)7-6-10-15(11-16-12-15)14-8-4-3-5-9-14/h3-5,8-9,13,16H,6-7,10-12H2,1-2H3. The molecule has 0 aliphatic carbocycles. The quantitative estimate of drug-likeness (QED) is 0.797. The lowest BCUT2D eigenvalue weighted by atomic mass is 9.71. The molecule has 0 radical (unpaired) electrons. The van der Waals surface area contributed by atoms with Gasteiger partial charge in [0, 0.05) is 18.5 Å². The second-order valence-electron chi connectivity index (χ2n) is 5.54. The van der Waals surface area contributed by atoms with E-state index in [9.17, 15) is 0 Å². The van der Waals surface area contributed by atoms with Crippen LogP contribution < -0.4 is 5.32 Å². The van der Waals surface area contributed by atoms with Crippen LogP contribution in [0.15, 0.2) is 30.3 Å². The molecule has 0 unspecified atom stereocenters. The molecule has 1 aromatic rings. The van der Waals surface area contributed by atoms with E-state index in [4.69, 9.17) is 0 Å². The summed E-state index contributed by atoms with van der Waals surface area (Å²) in [6.07, 6.45) is 4.05. The van der Waals surface area contributed by atoms with Gasteiger partial charge in [-0.05, 0) is 17.9 Å². The Morgan fingerprint density at radius 1 is 1.19 bits per heavy atom. The van der Waals surface area contributed by atoms with E-state index >= 15 is 0 Å². The van der Waals surface area contributed by atoms with Gasteiger partial charge in [-0.3, -0.25) is 0 Å². The van der Waals surface area contributed by atoms with E-state index in [1.54, 1.807) is 0 Å². The van der Waals surface area contributed by atoms with E-state index in [2.05, 4.69) is 49.5 Å². The minimum Gasteiger partial charge on any atom is -0.315 e. The SMILES string of the molecule is CC(C)CCCC1(c2ccccc2)CNC1. The van der Waals surface area contributed by atoms with Crippen LogP contribution in [0.2, 0.25) is 0 Å². The molecule has 0 atom stereocenters. The third kappa shape index (κ3) is 2.46. The van der Waals surface area contributed by atoms with Gasteiger partial charge >= 0.3 is 0 Å². The average Bonchev–Trinajstić information content (AvgIpc) is 2.23. The second-order valence-corrected chi connectivity index (χ2v) is 5.54. The van der Waals surface area contributed by atoms with Crippen molar-refractivity contribution in [3.63, 3.8) is 0 Å². The van der Waals surface area contributed by atoms with E-state index < -0.39 is 0 Å². The van der Waals surface area contributed by atoms with E-state index in [-0.39, 0.29) is 0 Å². The van der Waals surface area contributed by atoms with Crippen LogP contribution in [0, 0.1) is 5.92 Å². The van der Waals surface area contributed by atoms with Crippen LogP contribution in [-0.4, -0.2) is 13.1 Å². The van der Waals surface area contributed by atoms with Crippen molar-refractivity contribution in [2.24, 2.45) is 5.92 Å². The normalized spacial score (nSPS) is 18.4. The summed E-state index contributed by atoms with van der Waals surface area (Å²) >= 11 is 0. The van der Waals surface area contributed by atoms with Gasteiger partial charge in [0.15, 0.2) is 0 Å². The minimum absolute atomic E-state index is 0.441. The highest BCUT2D eigenvalue weighted by molar-refractivity contribution is 5.29. The Balaban J connectivity index is 1.97. The van der Waals surface area contributed by atoms with E-state index in [1.807, 2.05) is 0 Å². The fourth-order valence-corrected chi connectivity index (χ4v) is 2.59. The molecular weight excluding hydrogens is 194 g/mol. The van der Waals surface area contributed by atoms with Crippen molar-refractivity contribution >= 4 is 0 Å². The maximum Gasteiger partial charge on any atom is 0.0202 e. The Hall–Kier alpha value is -0.820. The predicted octanol–water partition coefficient (Wildman–Crippen LogP) is 3.35. The Kier molecular flexibility index (Phi) is 3.65. The number of benzene rings is 1. The van der Waals surface area contributed by atoms with Crippen molar-refractivity contribution in [2.75, 3.05) is 13.1 Å². The average molecular weight is 217 g/mol. The summed E-state index contributed by atoms with van der Waals surface area (Å²) in [5.41, 5.74) is 1.97. The molecule has 1 aromatic carbocycles. The van der Waals surface area contributed by atoms with Gasteiger partial charge in [-0.2, -0.15) is 0 Å². The lowest BCUT2D eigenvalue weighted by Gasteiger charge is -2.43. The number of nitrogens with one attached hydrogen (secondary N) is 1. The van der Waals surface area contributed by atoms with E-state index in [1.165, 1.54) is 24.8 Å². The van der Waals surface area contributed by atoms with Gasteiger partial charge in [-0.25, -0.2) is 0 Å². The highest BCUT2D eigenvalue weighted by atomic mass is 15.0. The van der Waals surface area contributed by atoms with Crippen LogP contribution in [0.1, 0.15) is 38.7 Å². The molecule has 2 rings (SSSR count). The number of rotatable bonds is 5. The smallest absolute Gasteiger partial charge is 0.0202 e. The van der Waals surface area contributed by atoms with Crippen LogP contribution in [0.25, 0.3) is 0 Å². The monoisotopic (exact) mass is 217 g/mol. The van der Waals surface area contributed by atoms with Crippen molar-refractivity contribution in [1.82, 2.24) is 5.32 Å². The number of hydrogen-bond donors (Lipinski definition) is 1. The van der Waals surface area contributed by atoms with Crippen LogP contribution in [0.5, 0.6) is 0 Å². The summed E-state index contributed by atoms with van der Waals surface area (Å²) in [5.74, 6) is 0.834. The summed E-state index contributed by atoms with van der Waals surface area (Å²) in [4.78, 5) is 0. The first-order chi connectivity index (χ1) is 7.73. The first-order valence-electron chi connectivity index (χ1n) is 6.49.